The highest BCUT2D eigenvalue weighted by Crippen LogP contribution is 2.22. The number of halogens is 4. The van der Waals surface area contributed by atoms with E-state index in [9.17, 15) is 32.6 Å². The summed E-state index contributed by atoms with van der Waals surface area (Å²) in [5.41, 5.74) is -0.988. The second-order valence-electron chi connectivity index (χ2n) is 4.19. The molecule has 0 bridgehead atoms. The van der Waals surface area contributed by atoms with E-state index in [0.29, 0.717) is 0 Å². The molecule has 1 saturated heterocycles. The monoisotopic (exact) mass is 279 g/mol. The maximum Gasteiger partial charge on any atom is 0.257 e. The van der Waals surface area contributed by atoms with E-state index in [1.165, 1.54) is 0 Å². The number of benzene rings is 1. The standard InChI is InChI=1S/C11H9F4NO3/c12-5-1-4(8(13)10(15)9(5)14)11(19)16-2-6(17)7(18)3-16/h1,6-7,17-18H,2-3H2. The molecular weight excluding hydrogens is 270 g/mol. The van der Waals surface area contributed by atoms with Gasteiger partial charge in [0, 0.05) is 13.1 Å². The average molecular weight is 279 g/mol. The third kappa shape index (κ3) is 2.28. The molecule has 1 aliphatic heterocycles. The molecule has 1 aromatic rings. The summed E-state index contributed by atoms with van der Waals surface area (Å²) in [6.07, 6.45) is -2.44. The Hall–Kier alpha value is -1.67. The molecule has 2 atom stereocenters. The minimum absolute atomic E-state index is 0.243. The quantitative estimate of drug-likeness (QED) is 0.445. The lowest BCUT2D eigenvalue weighted by Crippen LogP contribution is -2.31. The summed E-state index contributed by atoms with van der Waals surface area (Å²) < 4.78 is 52.1. The Kier molecular flexibility index (Phi) is 3.46. The Bertz CT molecular complexity index is 527. The molecule has 0 aromatic heterocycles. The highest BCUT2D eigenvalue weighted by Gasteiger charge is 2.35. The lowest BCUT2D eigenvalue weighted by molar-refractivity contribution is 0.0572. The zero-order valence-corrected chi connectivity index (χ0v) is 9.41. The number of hydrogen-bond donors (Lipinski definition) is 2. The Labute approximate surface area is 104 Å². The number of aliphatic hydroxyl groups is 2. The van der Waals surface area contributed by atoms with Crippen LogP contribution in [0.4, 0.5) is 17.6 Å². The van der Waals surface area contributed by atoms with Crippen molar-refractivity contribution in [2.45, 2.75) is 12.2 Å². The first-order valence-corrected chi connectivity index (χ1v) is 5.31. The third-order valence-corrected chi connectivity index (χ3v) is 2.88. The molecule has 8 heteroatoms. The van der Waals surface area contributed by atoms with Crippen LogP contribution in [0, 0.1) is 23.3 Å². The second-order valence-corrected chi connectivity index (χ2v) is 4.19. The molecule has 1 amide bonds. The van der Waals surface area contributed by atoms with E-state index in [0.717, 1.165) is 4.90 Å². The van der Waals surface area contributed by atoms with E-state index in [1.54, 1.807) is 0 Å². The first-order chi connectivity index (χ1) is 8.82. The summed E-state index contributed by atoms with van der Waals surface area (Å²) in [6.45, 7) is -0.611. The van der Waals surface area contributed by atoms with Gasteiger partial charge in [-0.3, -0.25) is 4.79 Å². The molecule has 2 rings (SSSR count). The summed E-state index contributed by atoms with van der Waals surface area (Å²) >= 11 is 0. The van der Waals surface area contributed by atoms with Crippen molar-refractivity contribution in [1.82, 2.24) is 4.90 Å². The maximum absolute atomic E-state index is 13.4. The van der Waals surface area contributed by atoms with Gasteiger partial charge in [-0.15, -0.1) is 0 Å². The van der Waals surface area contributed by atoms with Gasteiger partial charge in [0.1, 0.15) is 0 Å². The molecule has 19 heavy (non-hydrogen) atoms. The fourth-order valence-corrected chi connectivity index (χ4v) is 1.83. The van der Waals surface area contributed by atoms with E-state index < -0.39 is 46.9 Å². The van der Waals surface area contributed by atoms with Crippen molar-refractivity contribution in [3.63, 3.8) is 0 Å². The normalized spacial score (nSPS) is 22.9. The van der Waals surface area contributed by atoms with Gasteiger partial charge in [0.15, 0.2) is 23.3 Å². The van der Waals surface area contributed by atoms with E-state index in [-0.39, 0.29) is 19.2 Å². The van der Waals surface area contributed by atoms with Crippen LogP contribution in [-0.2, 0) is 0 Å². The number of carbonyl (C=O) groups is 1. The molecule has 1 heterocycles. The van der Waals surface area contributed by atoms with Crippen LogP contribution in [0.15, 0.2) is 6.07 Å². The zero-order chi connectivity index (χ0) is 14.3. The van der Waals surface area contributed by atoms with Crippen molar-refractivity contribution >= 4 is 5.91 Å². The Balaban J connectivity index is 2.35. The smallest absolute Gasteiger partial charge is 0.257 e. The third-order valence-electron chi connectivity index (χ3n) is 2.88. The van der Waals surface area contributed by atoms with Crippen LogP contribution in [0.3, 0.4) is 0 Å². The summed E-state index contributed by atoms with van der Waals surface area (Å²) in [5, 5.41) is 18.5. The summed E-state index contributed by atoms with van der Waals surface area (Å²) in [7, 11) is 0. The lowest BCUT2D eigenvalue weighted by Gasteiger charge is -2.16. The van der Waals surface area contributed by atoms with Crippen molar-refractivity contribution in [3.8, 4) is 0 Å². The molecule has 4 nitrogen and oxygen atoms in total. The first-order valence-electron chi connectivity index (χ1n) is 5.31. The van der Waals surface area contributed by atoms with E-state index in [2.05, 4.69) is 0 Å². The molecule has 0 aliphatic carbocycles. The van der Waals surface area contributed by atoms with Gasteiger partial charge in [-0.2, -0.15) is 0 Å². The van der Waals surface area contributed by atoms with Crippen LogP contribution < -0.4 is 0 Å². The molecule has 0 spiro atoms. The SMILES string of the molecule is O=C(c1cc(F)c(F)c(F)c1F)N1CC(O)C(O)C1. The van der Waals surface area contributed by atoms with Crippen molar-refractivity contribution in [2.75, 3.05) is 13.1 Å². The fourth-order valence-electron chi connectivity index (χ4n) is 1.83. The first kappa shape index (κ1) is 13.8. The van der Waals surface area contributed by atoms with E-state index in [4.69, 9.17) is 0 Å². The van der Waals surface area contributed by atoms with E-state index in [1.807, 2.05) is 0 Å². The van der Waals surface area contributed by atoms with Crippen molar-refractivity contribution in [1.29, 1.82) is 0 Å². The molecular formula is C11H9F4NO3. The predicted octanol–water partition coefficient (Wildman–Crippen LogP) is 0.421. The highest BCUT2D eigenvalue weighted by molar-refractivity contribution is 5.94. The van der Waals surface area contributed by atoms with Gasteiger partial charge in [-0.25, -0.2) is 17.6 Å². The van der Waals surface area contributed by atoms with Gasteiger partial charge in [0.25, 0.3) is 5.91 Å². The van der Waals surface area contributed by atoms with Crippen molar-refractivity contribution < 1.29 is 32.6 Å². The molecule has 104 valence electrons. The highest BCUT2D eigenvalue weighted by atomic mass is 19.2. The van der Waals surface area contributed by atoms with Gasteiger partial charge in [0.2, 0.25) is 0 Å². The molecule has 1 aliphatic rings. The minimum Gasteiger partial charge on any atom is -0.388 e. The number of aliphatic hydroxyl groups excluding tert-OH is 2. The van der Waals surface area contributed by atoms with Crippen LogP contribution in [0.5, 0.6) is 0 Å². The van der Waals surface area contributed by atoms with Gasteiger partial charge in [-0.1, -0.05) is 0 Å². The largest absolute Gasteiger partial charge is 0.388 e. The van der Waals surface area contributed by atoms with Crippen LogP contribution in [0.1, 0.15) is 10.4 Å². The van der Waals surface area contributed by atoms with Gasteiger partial charge < -0.3 is 15.1 Å². The molecule has 1 aromatic carbocycles. The van der Waals surface area contributed by atoms with Gasteiger partial charge in [-0.05, 0) is 6.07 Å². The second kappa shape index (κ2) is 4.78. The zero-order valence-electron chi connectivity index (χ0n) is 9.41. The number of β-amino-alcohol motifs (C(OH)–C–C–N with tert-alkyl or cyclic N) is 2. The number of likely N-dealkylation sites (tertiary alicyclic amines) is 1. The number of rotatable bonds is 1. The molecule has 0 radical (unpaired) electrons. The molecule has 2 unspecified atom stereocenters. The minimum atomic E-state index is -2.08. The lowest BCUT2D eigenvalue weighted by atomic mass is 10.1. The average Bonchev–Trinajstić information content (AvgIpc) is 2.71. The predicted molar refractivity (Wildman–Crippen MR) is 54.2 cm³/mol. The number of nitrogens with zero attached hydrogens (tertiary/aromatic N) is 1. The fraction of sp³-hybridized carbons (Fsp3) is 0.364. The summed E-state index contributed by atoms with van der Waals surface area (Å²) in [4.78, 5) is 12.6. The molecule has 1 fully saturated rings. The Morgan fingerprint density at radius 3 is 2.11 bits per heavy atom. The summed E-state index contributed by atoms with van der Waals surface area (Å²) in [5.74, 6) is -8.72. The van der Waals surface area contributed by atoms with Crippen LogP contribution >= 0.6 is 0 Å². The number of carbonyl (C=O) groups excluding carboxylic acids is 1. The van der Waals surface area contributed by atoms with Crippen molar-refractivity contribution in [2.24, 2.45) is 0 Å². The summed E-state index contributed by atoms with van der Waals surface area (Å²) in [6, 6.07) is 0.243. The number of amides is 1. The van der Waals surface area contributed by atoms with Crippen molar-refractivity contribution in [3.05, 3.63) is 34.9 Å². The number of hydrogen-bond acceptors (Lipinski definition) is 3. The Morgan fingerprint density at radius 1 is 1.05 bits per heavy atom. The van der Waals surface area contributed by atoms with E-state index >= 15 is 0 Å². The molecule has 2 N–H and O–H groups in total. The van der Waals surface area contributed by atoms with Gasteiger partial charge in [0.05, 0.1) is 17.8 Å². The van der Waals surface area contributed by atoms with Gasteiger partial charge >= 0.3 is 0 Å². The van der Waals surface area contributed by atoms with Crippen LogP contribution in [0.25, 0.3) is 0 Å². The maximum atomic E-state index is 13.4. The van der Waals surface area contributed by atoms with Crippen LogP contribution in [-0.4, -0.2) is 46.3 Å². The molecule has 0 saturated carbocycles. The van der Waals surface area contributed by atoms with Crippen LogP contribution in [0.2, 0.25) is 0 Å². The topological polar surface area (TPSA) is 60.8 Å². The Morgan fingerprint density at radius 2 is 1.58 bits per heavy atom.